The lowest BCUT2D eigenvalue weighted by molar-refractivity contribution is 0.00831. The number of carbonyl (C=O) groups excluding carboxylic acids is 1. The normalized spacial score (nSPS) is 15.5. The zero-order valence-corrected chi connectivity index (χ0v) is 17.0. The molecule has 2 aromatic rings. The van der Waals surface area contributed by atoms with Crippen molar-refractivity contribution >= 4 is 17.2 Å². The molecular weight excluding hydrogens is 358 g/mol. The molecule has 1 aliphatic heterocycles. The fourth-order valence-corrected chi connectivity index (χ4v) is 4.04. The maximum absolute atomic E-state index is 12.8. The zero-order chi connectivity index (χ0) is 19.2. The van der Waals surface area contributed by atoms with Crippen molar-refractivity contribution in [2.24, 2.45) is 5.73 Å². The van der Waals surface area contributed by atoms with Crippen molar-refractivity contribution in [1.82, 2.24) is 9.88 Å². The van der Waals surface area contributed by atoms with Crippen molar-refractivity contribution in [2.45, 2.75) is 45.1 Å². The third-order valence-corrected chi connectivity index (χ3v) is 5.87. The van der Waals surface area contributed by atoms with Gasteiger partial charge in [0.15, 0.2) is 0 Å². The Balaban J connectivity index is 1.57. The van der Waals surface area contributed by atoms with Crippen LogP contribution in [0.2, 0.25) is 0 Å². The van der Waals surface area contributed by atoms with E-state index in [9.17, 15) is 4.79 Å². The predicted molar refractivity (Wildman–Crippen MR) is 110 cm³/mol. The van der Waals surface area contributed by atoms with Gasteiger partial charge < -0.3 is 15.4 Å². The lowest BCUT2D eigenvalue weighted by Gasteiger charge is -2.31. The molecule has 0 bridgehead atoms. The molecule has 1 amide bonds. The van der Waals surface area contributed by atoms with Crippen molar-refractivity contribution in [3.63, 3.8) is 0 Å². The summed E-state index contributed by atoms with van der Waals surface area (Å²) in [5, 5.41) is 2.77. The molecule has 0 radical (unpaired) electrons. The van der Waals surface area contributed by atoms with Crippen LogP contribution in [0.1, 0.15) is 55.1 Å². The summed E-state index contributed by atoms with van der Waals surface area (Å²) in [6.07, 6.45) is 2.89. The van der Waals surface area contributed by atoms with Crippen LogP contribution in [0.15, 0.2) is 29.6 Å². The van der Waals surface area contributed by atoms with Gasteiger partial charge in [-0.25, -0.2) is 4.98 Å². The molecule has 0 aliphatic carbocycles. The highest BCUT2D eigenvalue weighted by Gasteiger charge is 2.25. The number of rotatable bonds is 7. The number of hydrogen-bond donors (Lipinski definition) is 1. The SMILES string of the molecule is CC(C)c1ccc(-c2nc(C(=O)N3CCC(OCCCN)CC3)cs2)cc1. The number of thiazole rings is 1. The molecule has 2 N–H and O–H groups in total. The molecule has 5 nitrogen and oxygen atoms in total. The minimum atomic E-state index is 0.0247. The Kier molecular flexibility index (Phi) is 6.99. The summed E-state index contributed by atoms with van der Waals surface area (Å²) in [5.74, 6) is 0.534. The van der Waals surface area contributed by atoms with Crippen LogP contribution in [0.25, 0.3) is 10.6 Å². The van der Waals surface area contributed by atoms with Crippen molar-refractivity contribution in [3.05, 3.63) is 40.9 Å². The molecule has 1 fully saturated rings. The summed E-state index contributed by atoms with van der Waals surface area (Å²) in [7, 11) is 0. The van der Waals surface area contributed by atoms with E-state index in [1.54, 1.807) is 0 Å². The van der Waals surface area contributed by atoms with E-state index in [0.717, 1.165) is 42.9 Å². The van der Waals surface area contributed by atoms with E-state index in [1.807, 2.05) is 10.3 Å². The first-order chi connectivity index (χ1) is 13.1. The average molecular weight is 388 g/mol. The number of carbonyl (C=O) groups is 1. The lowest BCUT2D eigenvalue weighted by atomic mass is 10.0. The number of ether oxygens (including phenoxy) is 1. The number of hydrogen-bond acceptors (Lipinski definition) is 5. The third kappa shape index (κ3) is 5.15. The molecule has 146 valence electrons. The van der Waals surface area contributed by atoms with E-state index < -0.39 is 0 Å². The number of amides is 1. The topological polar surface area (TPSA) is 68.5 Å². The van der Waals surface area contributed by atoms with Crippen molar-refractivity contribution in [2.75, 3.05) is 26.2 Å². The molecular formula is C21H29N3O2S. The Morgan fingerprint density at radius 2 is 2.00 bits per heavy atom. The van der Waals surface area contributed by atoms with Crippen LogP contribution in [0.5, 0.6) is 0 Å². The second-order valence-electron chi connectivity index (χ2n) is 7.32. The Hall–Kier alpha value is -1.76. The van der Waals surface area contributed by atoms with Gasteiger partial charge in [0.05, 0.1) is 6.10 Å². The molecule has 3 rings (SSSR count). The Morgan fingerprint density at radius 3 is 2.63 bits per heavy atom. The van der Waals surface area contributed by atoms with Crippen LogP contribution < -0.4 is 5.73 Å². The van der Waals surface area contributed by atoms with Gasteiger partial charge in [-0.2, -0.15) is 0 Å². The average Bonchev–Trinajstić information content (AvgIpc) is 3.18. The minimum Gasteiger partial charge on any atom is -0.378 e. The Labute approximate surface area is 165 Å². The van der Waals surface area contributed by atoms with Crippen LogP contribution >= 0.6 is 11.3 Å². The van der Waals surface area contributed by atoms with Gasteiger partial charge >= 0.3 is 0 Å². The second-order valence-corrected chi connectivity index (χ2v) is 8.18. The number of likely N-dealkylation sites (tertiary alicyclic amines) is 1. The van der Waals surface area contributed by atoms with Gasteiger partial charge in [0.1, 0.15) is 10.7 Å². The lowest BCUT2D eigenvalue weighted by Crippen LogP contribution is -2.41. The first-order valence-corrected chi connectivity index (χ1v) is 10.6. The van der Waals surface area contributed by atoms with Gasteiger partial charge in [0.25, 0.3) is 5.91 Å². The molecule has 0 unspecified atom stereocenters. The molecule has 0 saturated carbocycles. The number of nitrogens with zero attached hydrogens (tertiary/aromatic N) is 2. The van der Waals surface area contributed by atoms with Gasteiger partial charge in [0.2, 0.25) is 0 Å². The van der Waals surface area contributed by atoms with Gasteiger partial charge in [0, 0.05) is 30.6 Å². The summed E-state index contributed by atoms with van der Waals surface area (Å²) in [5.41, 5.74) is 8.42. The van der Waals surface area contributed by atoms with E-state index in [-0.39, 0.29) is 12.0 Å². The summed E-state index contributed by atoms with van der Waals surface area (Å²) in [6, 6.07) is 8.45. The quantitative estimate of drug-likeness (QED) is 0.732. The number of nitrogens with two attached hydrogens (primary N) is 1. The van der Waals surface area contributed by atoms with Crippen molar-refractivity contribution in [1.29, 1.82) is 0 Å². The van der Waals surface area contributed by atoms with Crippen LogP contribution in [0, 0.1) is 0 Å². The molecule has 27 heavy (non-hydrogen) atoms. The fourth-order valence-electron chi connectivity index (χ4n) is 3.24. The molecule has 0 atom stereocenters. The van der Waals surface area contributed by atoms with E-state index in [1.165, 1.54) is 16.9 Å². The maximum atomic E-state index is 12.8. The molecule has 6 heteroatoms. The smallest absolute Gasteiger partial charge is 0.273 e. The fraction of sp³-hybridized carbons (Fsp3) is 0.524. The molecule has 1 aromatic heterocycles. The highest BCUT2D eigenvalue weighted by Crippen LogP contribution is 2.27. The predicted octanol–water partition coefficient (Wildman–Crippen LogP) is 3.90. The van der Waals surface area contributed by atoms with Crippen molar-refractivity contribution < 1.29 is 9.53 Å². The van der Waals surface area contributed by atoms with Gasteiger partial charge in [-0.05, 0) is 37.3 Å². The van der Waals surface area contributed by atoms with Crippen LogP contribution in [-0.2, 0) is 4.74 Å². The standard InChI is InChI=1S/C21H29N3O2S/c1-15(2)16-4-6-17(7-5-16)20-23-19(14-27-20)21(25)24-11-8-18(9-12-24)26-13-3-10-22/h4-7,14-15,18H,3,8-13,22H2,1-2H3. The van der Waals surface area contributed by atoms with E-state index in [4.69, 9.17) is 10.5 Å². The van der Waals surface area contributed by atoms with Crippen LogP contribution in [0.4, 0.5) is 0 Å². The molecule has 1 aromatic carbocycles. The first-order valence-electron chi connectivity index (χ1n) is 9.75. The second kappa shape index (κ2) is 9.44. The highest BCUT2D eigenvalue weighted by atomic mass is 32.1. The number of piperidine rings is 1. The maximum Gasteiger partial charge on any atom is 0.273 e. The van der Waals surface area contributed by atoms with Crippen LogP contribution in [-0.4, -0.2) is 48.1 Å². The monoisotopic (exact) mass is 387 g/mol. The van der Waals surface area contributed by atoms with Crippen molar-refractivity contribution in [3.8, 4) is 10.6 Å². The van der Waals surface area contributed by atoms with Gasteiger partial charge in [-0.1, -0.05) is 38.1 Å². The summed E-state index contributed by atoms with van der Waals surface area (Å²) in [6.45, 7) is 7.18. The molecule has 1 saturated heterocycles. The largest absolute Gasteiger partial charge is 0.378 e. The number of benzene rings is 1. The zero-order valence-electron chi connectivity index (χ0n) is 16.2. The number of aromatic nitrogens is 1. The summed E-state index contributed by atoms with van der Waals surface area (Å²) in [4.78, 5) is 19.3. The third-order valence-electron chi connectivity index (χ3n) is 4.98. The Bertz CT molecular complexity index is 734. The highest BCUT2D eigenvalue weighted by molar-refractivity contribution is 7.13. The summed E-state index contributed by atoms with van der Waals surface area (Å²) < 4.78 is 5.81. The van der Waals surface area contributed by atoms with E-state index in [2.05, 4.69) is 43.1 Å². The molecule has 1 aliphatic rings. The minimum absolute atomic E-state index is 0.0247. The van der Waals surface area contributed by atoms with Crippen LogP contribution in [0.3, 0.4) is 0 Å². The first kappa shape index (κ1) is 20.0. The van der Waals surface area contributed by atoms with Gasteiger partial charge in [-0.3, -0.25) is 4.79 Å². The van der Waals surface area contributed by atoms with Gasteiger partial charge in [-0.15, -0.1) is 11.3 Å². The summed E-state index contributed by atoms with van der Waals surface area (Å²) >= 11 is 1.53. The van der Waals surface area contributed by atoms with E-state index >= 15 is 0 Å². The molecule has 2 heterocycles. The molecule has 0 spiro atoms. The Morgan fingerprint density at radius 1 is 1.30 bits per heavy atom. The van der Waals surface area contributed by atoms with E-state index in [0.29, 0.717) is 24.8 Å².